The number of fused-ring (bicyclic) bond motifs is 1. The lowest BCUT2D eigenvalue weighted by Gasteiger charge is -2.20. The molecule has 0 spiro atoms. The number of amidine groups is 2. The third-order valence-electron chi connectivity index (χ3n) is 4.69. The molecule has 7 nitrogen and oxygen atoms in total. The Morgan fingerprint density at radius 1 is 1.28 bits per heavy atom. The molecule has 0 aliphatic carbocycles. The number of benzene rings is 1. The van der Waals surface area contributed by atoms with Gasteiger partial charge >= 0.3 is 0 Å². The predicted molar refractivity (Wildman–Crippen MR) is 120 cm³/mol. The normalized spacial score (nSPS) is 17.5. The standard InChI is InChI=1S/C20H19N5O2S2/c1-11-8-13(12(2)24(11)14-6-5-7-15(10-14)27-3)9-16-17(21)25-19(22-18(16)26)29-20(23-25)28-4/h5-10,21H,1-4H3. The smallest absolute Gasteiger partial charge is 0.283 e. The van der Waals surface area contributed by atoms with Gasteiger partial charge in [-0.25, -0.2) is 0 Å². The number of hydrazone groups is 1. The summed E-state index contributed by atoms with van der Waals surface area (Å²) in [6, 6.07) is 9.80. The molecule has 4 rings (SSSR count). The summed E-state index contributed by atoms with van der Waals surface area (Å²) >= 11 is 2.77. The lowest BCUT2D eigenvalue weighted by atomic mass is 10.1. The number of nitrogens with zero attached hydrogens (tertiary/aromatic N) is 4. The third-order valence-corrected chi connectivity index (χ3v) is 6.58. The molecular weight excluding hydrogens is 406 g/mol. The highest BCUT2D eigenvalue weighted by Gasteiger charge is 2.35. The van der Waals surface area contributed by atoms with Crippen molar-refractivity contribution >= 4 is 50.9 Å². The number of aliphatic imine (C=N–C) groups is 1. The van der Waals surface area contributed by atoms with Crippen molar-refractivity contribution < 1.29 is 9.53 Å². The first kappa shape index (κ1) is 19.5. The van der Waals surface area contributed by atoms with Crippen molar-refractivity contribution in [2.45, 2.75) is 13.8 Å². The predicted octanol–water partition coefficient (Wildman–Crippen LogP) is 4.04. The minimum absolute atomic E-state index is 0.0442. The van der Waals surface area contributed by atoms with Crippen LogP contribution in [-0.2, 0) is 4.79 Å². The molecule has 0 saturated carbocycles. The maximum Gasteiger partial charge on any atom is 0.283 e. The van der Waals surface area contributed by atoms with E-state index in [1.807, 2.05) is 50.4 Å². The molecule has 1 aromatic carbocycles. The van der Waals surface area contributed by atoms with Gasteiger partial charge in [0.1, 0.15) is 5.75 Å². The van der Waals surface area contributed by atoms with Crippen molar-refractivity contribution in [1.82, 2.24) is 9.58 Å². The number of carbonyl (C=O) groups excluding carboxylic acids is 1. The first-order valence-electron chi connectivity index (χ1n) is 8.80. The zero-order valence-corrected chi connectivity index (χ0v) is 18.0. The lowest BCUT2D eigenvalue weighted by Crippen LogP contribution is -2.35. The SMILES string of the molecule is COc1cccc(-n2c(C)cc(C=C3C(=N)N4N=C(SC)SC4=NC3=O)c2C)c1. The number of aromatic nitrogens is 1. The number of rotatable bonds is 3. The van der Waals surface area contributed by atoms with Gasteiger partial charge in [0.05, 0.1) is 12.7 Å². The third kappa shape index (κ3) is 3.40. The van der Waals surface area contributed by atoms with Crippen LogP contribution in [0.4, 0.5) is 0 Å². The van der Waals surface area contributed by atoms with Gasteiger partial charge in [0.15, 0.2) is 10.2 Å². The van der Waals surface area contributed by atoms with Crippen LogP contribution in [0.5, 0.6) is 5.75 Å². The zero-order chi connectivity index (χ0) is 20.7. The van der Waals surface area contributed by atoms with E-state index >= 15 is 0 Å². The molecule has 1 aromatic heterocycles. The molecule has 3 heterocycles. The summed E-state index contributed by atoms with van der Waals surface area (Å²) in [7, 11) is 1.64. The Labute approximate surface area is 177 Å². The molecule has 29 heavy (non-hydrogen) atoms. The van der Waals surface area contributed by atoms with E-state index in [-0.39, 0.29) is 11.4 Å². The molecule has 2 aliphatic heterocycles. The van der Waals surface area contributed by atoms with Gasteiger partial charge < -0.3 is 9.30 Å². The van der Waals surface area contributed by atoms with Gasteiger partial charge in [0, 0.05) is 23.1 Å². The van der Waals surface area contributed by atoms with Crippen molar-refractivity contribution in [1.29, 1.82) is 5.41 Å². The van der Waals surface area contributed by atoms with Gasteiger partial charge in [-0.05, 0) is 61.7 Å². The van der Waals surface area contributed by atoms with Crippen molar-refractivity contribution in [3.8, 4) is 11.4 Å². The topological polar surface area (TPSA) is 83.0 Å². The van der Waals surface area contributed by atoms with Crippen molar-refractivity contribution in [2.24, 2.45) is 10.1 Å². The molecular formula is C20H19N5O2S2. The second kappa shape index (κ2) is 7.57. The van der Waals surface area contributed by atoms with Crippen LogP contribution in [-0.4, -0.2) is 44.2 Å². The van der Waals surface area contributed by atoms with Crippen LogP contribution in [0.3, 0.4) is 0 Å². The highest BCUT2D eigenvalue weighted by molar-refractivity contribution is 8.45. The van der Waals surface area contributed by atoms with Crippen LogP contribution in [0.25, 0.3) is 11.8 Å². The summed E-state index contributed by atoms with van der Waals surface area (Å²) in [5.74, 6) is 0.398. The Balaban J connectivity index is 1.75. The van der Waals surface area contributed by atoms with Crippen LogP contribution in [0.1, 0.15) is 17.0 Å². The summed E-state index contributed by atoms with van der Waals surface area (Å²) in [5, 5.41) is 14.7. The molecule has 0 unspecified atom stereocenters. The van der Waals surface area contributed by atoms with Gasteiger partial charge in [-0.3, -0.25) is 10.2 Å². The van der Waals surface area contributed by atoms with Gasteiger partial charge in [-0.1, -0.05) is 6.07 Å². The van der Waals surface area contributed by atoms with E-state index in [1.54, 1.807) is 13.2 Å². The number of carbonyl (C=O) groups is 1. The minimum atomic E-state index is -0.419. The van der Waals surface area contributed by atoms with Crippen molar-refractivity contribution in [3.05, 3.63) is 52.9 Å². The minimum Gasteiger partial charge on any atom is -0.497 e. The fraction of sp³-hybridized carbons (Fsp3) is 0.200. The van der Waals surface area contributed by atoms with Gasteiger partial charge in [-0.2, -0.15) is 10.0 Å². The van der Waals surface area contributed by atoms with Gasteiger partial charge in [0.2, 0.25) is 5.17 Å². The van der Waals surface area contributed by atoms with Gasteiger partial charge in [-0.15, -0.1) is 16.9 Å². The van der Waals surface area contributed by atoms with E-state index in [4.69, 9.17) is 10.1 Å². The van der Waals surface area contributed by atoms with Crippen molar-refractivity contribution in [2.75, 3.05) is 13.4 Å². The van der Waals surface area contributed by atoms with E-state index < -0.39 is 5.91 Å². The first-order valence-corrected chi connectivity index (χ1v) is 10.8. The number of thioether (sulfide) groups is 2. The van der Waals surface area contributed by atoms with E-state index in [9.17, 15) is 4.79 Å². The number of nitrogens with one attached hydrogen (secondary N) is 1. The second-order valence-electron chi connectivity index (χ2n) is 6.45. The summed E-state index contributed by atoms with van der Waals surface area (Å²) in [4.78, 5) is 16.7. The Morgan fingerprint density at radius 2 is 2.07 bits per heavy atom. The molecule has 1 N–H and O–H groups in total. The molecule has 0 fully saturated rings. The highest BCUT2D eigenvalue weighted by atomic mass is 32.2. The molecule has 2 aliphatic rings. The summed E-state index contributed by atoms with van der Waals surface area (Å²) in [6.45, 7) is 3.99. The Kier molecular flexibility index (Phi) is 5.10. The zero-order valence-electron chi connectivity index (χ0n) is 16.4. The number of methoxy groups -OCH3 is 1. The highest BCUT2D eigenvalue weighted by Crippen LogP contribution is 2.32. The summed E-state index contributed by atoms with van der Waals surface area (Å²) in [5.41, 5.74) is 4.03. The monoisotopic (exact) mass is 425 g/mol. The molecule has 0 saturated heterocycles. The van der Waals surface area contributed by atoms with E-state index in [1.165, 1.54) is 28.5 Å². The molecule has 0 radical (unpaired) electrons. The Morgan fingerprint density at radius 3 is 2.79 bits per heavy atom. The van der Waals surface area contributed by atoms with Crippen molar-refractivity contribution in [3.63, 3.8) is 0 Å². The summed E-state index contributed by atoms with van der Waals surface area (Å²) < 4.78 is 8.19. The molecule has 0 atom stereocenters. The maximum atomic E-state index is 12.6. The fourth-order valence-corrected chi connectivity index (χ4v) is 4.64. The molecule has 0 bridgehead atoms. The fourth-order valence-electron chi connectivity index (χ4n) is 3.29. The van der Waals surface area contributed by atoms with Crippen LogP contribution in [0.2, 0.25) is 0 Å². The average molecular weight is 426 g/mol. The maximum absolute atomic E-state index is 12.6. The average Bonchev–Trinajstić information content (AvgIpc) is 3.25. The molecule has 2 aromatic rings. The van der Waals surface area contributed by atoms with E-state index in [2.05, 4.69) is 14.7 Å². The number of hydrogen-bond donors (Lipinski definition) is 1. The molecule has 148 valence electrons. The Bertz CT molecular complexity index is 1130. The van der Waals surface area contributed by atoms with E-state index in [0.717, 1.165) is 32.8 Å². The van der Waals surface area contributed by atoms with Crippen LogP contribution >= 0.6 is 23.5 Å². The van der Waals surface area contributed by atoms with E-state index in [0.29, 0.717) is 5.17 Å². The number of aryl methyl sites for hydroxylation is 1. The number of ether oxygens (including phenoxy) is 1. The number of amides is 1. The largest absolute Gasteiger partial charge is 0.497 e. The molecule has 1 amide bonds. The second-order valence-corrected chi connectivity index (χ2v) is 8.46. The first-order chi connectivity index (χ1) is 13.9. The molecule has 9 heteroatoms. The van der Waals surface area contributed by atoms with Crippen LogP contribution in [0.15, 0.2) is 46.0 Å². The van der Waals surface area contributed by atoms with Crippen LogP contribution < -0.4 is 4.74 Å². The quantitative estimate of drug-likeness (QED) is 0.751. The lowest BCUT2D eigenvalue weighted by molar-refractivity contribution is -0.114. The van der Waals surface area contributed by atoms with Crippen LogP contribution in [0, 0.1) is 19.3 Å². The summed E-state index contributed by atoms with van der Waals surface area (Å²) in [6.07, 6.45) is 3.63. The number of hydrogen-bond acceptors (Lipinski definition) is 6. The Hall–Kier alpha value is -2.78. The van der Waals surface area contributed by atoms with Gasteiger partial charge in [0.25, 0.3) is 5.91 Å².